The van der Waals surface area contributed by atoms with Gasteiger partial charge in [0.2, 0.25) is 5.88 Å². The van der Waals surface area contributed by atoms with Crippen molar-refractivity contribution in [3.05, 3.63) is 60.2 Å². The van der Waals surface area contributed by atoms with E-state index in [1.165, 1.54) is 23.5 Å². The Kier molecular flexibility index (Phi) is 4.94. The van der Waals surface area contributed by atoms with E-state index in [4.69, 9.17) is 9.47 Å². The maximum atomic E-state index is 15.0. The van der Waals surface area contributed by atoms with Gasteiger partial charge in [-0.2, -0.15) is 25.1 Å². The predicted octanol–water partition coefficient (Wildman–Crippen LogP) is 2.79. The van der Waals surface area contributed by atoms with E-state index in [0.29, 0.717) is 27.7 Å². The number of fused-ring (bicyclic) bond motifs is 2. The largest absolute Gasteiger partial charge is 0.489 e. The van der Waals surface area contributed by atoms with E-state index < -0.39 is 11.9 Å². The van der Waals surface area contributed by atoms with Crippen molar-refractivity contribution in [1.29, 1.82) is 0 Å². The van der Waals surface area contributed by atoms with Crippen molar-refractivity contribution < 1.29 is 19.0 Å². The average molecular weight is 437 g/mol. The number of aryl methyl sites for hydroxylation is 2. The number of halogens is 1. The number of ether oxygens (including phenoxy) is 2. The molecule has 1 aromatic carbocycles. The number of rotatable bonds is 7. The molecule has 4 aromatic heterocycles. The molecule has 10 nitrogen and oxygen atoms in total. The van der Waals surface area contributed by atoms with Crippen molar-refractivity contribution in [2.75, 3.05) is 6.61 Å². The molecule has 0 aliphatic heterocycles. The van der Waals surface area contributed by atoms with E-state index in [9.17, 15) is 9.50 Å². The van der Waals surface area contributed by atoms with Crippen LogP contribution in [0.4, 0.5) is 4.39 Å². The highest BCUT2D eigenvalue weighted by Gasteiger charge is 2.19. The molecular formula is C21H20FN7O3. The minimum atomic E-state index is -0.808. The van der Waals surface area contributed by atoms with Crippen LogP contribution in [0.5, 0.6) is 17.4 Å². The molecule has 0 saturated heterocycles. The lowest BCUT2D eigenvalue weighted by atomic mass is 10.2. The second-order valence-corrected chi connectivity index (χ2v) is 7.42. The number of aliphatic hydroxyl groups is 1. The highest BCUT2D eigenvalue weighted by atomic mass is 19.1. The summed E-state index contributed by atoms with van der Waals surface area (Å²) in [6.07, 6.45) is 5.25. The Balaban J connectivity index is 1.40. The second-order valence-electron chi connectivity index (χ2n) is 7.42. The Morgan fingerprint density at radius 3 is 2.78 bits per heavy atom. The quantitative estimate of drug-likeness (QED) is 0.402. The number of nitrogens with zero attached hydrogens (tertiary/aromatic N) is 6. The average Bonchev–Trinajstić information content (AvgIpc) is 3.48. The van der Waals surface area contributed by atoms with Crippen molar-refractivity contribution in [2.24, 2.45) is 0 Å². The van der Waals surface area contributed by atoms with E-state index in [0.717, 1.165) is 5.69 Å². The van der Waals surface area contributed by atoms with Crippen LogP contribution in [0.15, 0.2) is 43.1 Å². The van der Waals surface area contributed by atoms with Gasteiger partial charge in [-0.1, -0.05) is 0 Å². The monoisotopic (exact) mass is 437 g/mol. The molecule has 11 heteroatoms. The molecule has 0 saturated carbocycles. The summed E-state index contributed by atoms with van der Waals surface area (Å²) in [5, 5.41) is 22.7. The first-order chi connectivity index (χ1) is 15.5. The fraction of sp³-hybridized carbons (Fsp3) is 0.238. The molecule has 5 rings (SSSR count). The van der Waals surface area contributed by atoms with Crippen LogP contribution < -0.4 is 9.47 Å². The summed E-state index contributed by atoms with van der Waals surface area (Å²) in [7, 11) is 0. The van der Waals surface area contributed by atoms with Crippen molar-refractivity contribution in [1.82, 2.24) is 34.6 Å². The van der Waals surface area contributed by atoms with E-state index in [1.807, 2.05) is 13.8 Å². The molecule has 1 atom stereocenters. The number of H-pyrrole nitrogens is 1. The van der Waals surface area contributed by atoms with Crippen LogP contribution in [0.3, 0.4) is 0 Å². The Bertz CT molecular complexity index is 1390. The number of hydrogen-bond donors (Lipinski definition) is 2. The third kappa shape index (κ3) is 3.62. The van der Waals surface area contributed by atoms with Gasteiger partial charge in [0.15, 0.2) is 11.6 Å². The van der Waals surface area contributed by atoms with Gasteiger partial charge in [-0.05, 0) is 32.0 Å². The lowest BCUT2D eigenvalue weighted by Crippen LogP contribution is -2.24. The standard InChI is InChI=1S/C21H20FN7O3/c1-12-7-15-16(27-12)3-4-17(19(15)22)32-21-20-13(2)18(9-28(20)26-11-23-21)31-10-14(30)8-29-24-5-6-25-29/h3-7,9,11,14,27,30H,8,10H2,1-2H3/t14-/m1/s1. The third-order valence-corrected chi connectivity index (χ3v) is 5.06. The minimum absolute atomic E-state index is 0.0288. The molecule has 0 fully saturated rings. The van der Waals surface area contributed by atoms with E-state index in [2.05, 4.69) is 25.3 Å². The van der Waals surface area contributed by atoms with E-state index >= 15 is 0 Å². The fourth-order valence-electron chi connectivity index (χ4n) is 3.56. The fourth-order valence-corrected chi connectivity index (χ4v) is 3.56. The molecule has 2 N–H and O–H groups in total. The summed E-state index contributed by atoms with van der Waals surface area (Å²) in [4.78, 5) is 8.67. The molecule has 0 spiro atoms. The molecule has 0 amide bonds. The van der Waals surface area contributed by atoms with Crippen LogP contribution >= 0.6 is 0 Å². The molecule has 0 unspecified atom stereocenters. The van der Waals surface area contributed by atoms with E-state index in [-0.39, 0.29) is 24.8 Å². The maximum absolute atomic E-state index is 15.0. The molecule has 0 radical (unpaired) electrons. The van der Waals surface area contributed by atoms with Gasteiger partial charge in [-0.3, -0.25) is 0 Å². The number of nitrogens with one attached hydrogen (secondary N) is 1. The van der Waals surface area contributed by atoms with Gasteiger partial charge in [-0.15, -0.1) is 0 Å². The van der Waals surface area contributed by atoms with Gasteiger partial charge >= 0.3 is 0 Å². The van der Waals surface area contributed by atoms with Crippen LogP contribution in [-0.4, -0.2) is 52.4 Å². The summed E-state index contributed by atoms with van der Waals surface area (Å²) in [6, 6.07) is 5.04. The minimum Gasteiger partial charge on any atom is -0.489 e. The normalized spacial score (nSPS) is 12.5. The van der Waals surface area contributed by atoms with Gasteiger partial charge in [0.05, 0.1) is 25.1 Å². The lowest BCUT2D eigenvalue weighted by molar-refractivity contribution is 0.0852. The Labute approximate surface area is 181 Å². The summed E-state index contributed by atoms with van der Waals surface area (Å²) in [6.45, 7) is 3.91. The zero-order valence-electron chi connectivity index (χ0n) is 17.4. The van der Waals surface area contributed by atoms with Gasteiger partial charge in [0, 0.05) is 22.2 Å². The maximum Gasteiger partial charge on any atom is 0.247 e. The molecule has 5 aromatic rings. The molecule has 0 aliphatic rings. The number of aromatic amines is 1. The Hall–Kier alpha value is -3.99. The zero-order chi connectivity index (χ0) is 22.2. The van der Waals surface area contributed by atoms with Crippen LogP contribution in [-0.2, 0) is 6.54 Å². The van der Waals surface area contributed by atoms with Gasteiger partial charge in [-0.25, -0.2) is 8.91 Å². The molecule has 164 valence electrons. The molecule has 0 aliphatic carbocycles. The van der Waals surface area contributed by atoms with Crippen LogP contribution in [0.1, 0.15) is 11.3 Å². The SMILES string of the molecule is Cc1cc2c(F)c(Oc3ncnn4cc(OC[C@H](O)Cn5nccn5)c(C)c34)ccc2[nH]1. The third-order valence-electron chi connectivity index (χ3n) is 5.06. The van der Waals surface area contributed by atoms with Gasteiger partial charge in [0.1, 0.15) is 30.3 Å². The summed E-state index contributed by atoms with van der Waals surface area (Å²) < 4.78 is 28.2. The molecule has 4 heterocycles. The Morgan fingerprint density at radius 2 is 1.97 bits per heavy atom. The zero-order valence-corrected chi connectivity index (χ0v) is 17.4. The van der Waals surface area contributed by atoms with Crippen molar-refractivity contribution in [3.8, 4) is 17.4 Å². The predicted molar refractivity (Wildman–Crippen MR) is 112 cm³/mol. The lowest BCUT2D eigenvalue weighted by Gasteiger charge is -2.11. The first kappa shape index (κ1) is 19.9. The number of benzene rings is 1. The number of aliphatic hydroxyl groups excluding tert-OH is 1. The summed E-state index contributed by atoms with van der Waals surface area (Å²) in [5.74, 6) is 0.279. The first-order valence-corrected chi connectivity index (χ1v) is 9.93. The topological polar surface area (TPSA) is 115 Å². The van der Waals surface area contributed by atoms with Gasteiger partial charge < -0.3 is 19.6 Å². The van der Waals surface area contributed by atoms with Crippen LogP contribution in [0.25, 0.3) is 16.4 Å². The Morgan fingerprint density at radius 1 is 1.16 bits per heavy atom. The highest BCUT2D eigenvalue weighted by Crippen LogP contribution is 2.34. The first-order valence-electron chi connectivity index (χ1n) is 9.93. The molecular weight excluding hydrogens is 417 g/mol. The number of hydrogen-bond acceptors (Lipinski definition) is 7. The summed E-state index contributed by atoms with van der Waals surface area (Å²) >= 11 is 0. The van der Waals surface area contributed by atoms with E-state index in [1.54, 1.807) is 28.9 Å². The molecule has 0 bridgehead atoms. The second kappa shape index (κ2) is 7.93. The molecule has 32 heavy (non-hydrogen) atoms. The van der Waals surface area contributed by atoms with Gasteiger partial charge in [0.25, 0.3) is 0 Å². The van der Waals surface area contributed by atoms with Crippen molar-refractivity contribution in [3.63, 3.8) is 0 Å². The summed E-state index contributed by atoms with van der Waals surface area (Å²) in [5.41, 5.74) is 2.79. The number of aromatic nitrogens is 7. The highest BCUT2D eigenvalue weighted by molar-refractivity contribution is 5.83. The van der Waals surface area contributed by atoms with Crippen LogP contribution in [0.2, 0.25) is 0 Å². The smallest absolute Gasteiger partial charge is 0.247 e. The van der Waals surface area contributed by atoms with Crippen molar-refractivity contribution in [2.45, 2.75) is 26.5 Å². The van der Waals surface area contributed by atoms with Crippen molar-refractivity contribution >= 4 is 16.4 Å². The van der Waals surface area contributed by atoms with Crippen LogP contribution in [0, 0.1) is 19.7 Å².